The van der Waals surface area contributed by atoms with Gasteiger partial charge in [0.25, 0.3) is 0 Å². The number of thioether (sulfide) groups is 1. The largest absolute Gasteiger partial charge is 0.461 e. The monoisotopic (exact) mass is 354 g/mol. The molecule has 0 aliphatic rings. The van der Waals surface area contributed by atoms with E-state index in [4.69, 9.17) is 4.42 Å². The molecule has 3 rings (SSSR count). The highest BCUT2D eigenvalue weighted by Gasteiger charge is 2.22. The summed E-state index contributed by atoms with van der Waals surface area (Å²) in [5, 5.41) is 11.6. The molecule has 128 valence electrons. The molecule has 6 nitrogen and oxygen atoms in total. The molecule has 3 aromatic rings. The number of aromatic nitrogens is 3. The quantitative estimate of drug-likeness (QED) is 0.520. The maximum Gasteiger partial charge on any atom is 0.233 e. The Hall–Kier alpha value is -2.80. The number of furan rings is 1. The average Bonchev–Trinajstić information content (AvgIpc) is 3.29. The molecule has 1 unspecified atom stereocenters. The van der Waals surface area contributed by atoms with Gasteiger partial charge in [-0.15, -0.1) is 16.8 Å². The Morgan fingerprint density at radius 1 is 1.32 bits per heavy atom. The molecule has 2 aromatic heterocycles. The number of nitrogens with zero attached hydrogens (tertiary/aromatic N) is 3. The smallest absolute Gasteiger partial charge is 0.233 e. The summed E-state index contributed by atoms with van der Waals surface area (Å²) in [6.07, 6.45) is 3.24. The second-order valence-electron chi connectivity index (χ2n) is 5.25. The van der Waals surface area contributed by atoms with Crippen molar-refractivity contribution in [3.05, 3.63) is 61.4 Å². The van der Waals surface area contributed by atoms with E-state index in [0.29, 0.717) is 23.3 Å². The lowest BCUT2D eigenvalue weighted by Gasteiger charge is -2.12. The van der Waals surface area contributed by atoms with Crippen LogP contribution in [-0.4, -0.2) is 32.5 Å². The number of carbonyl (C=O) groups excluding carboxylic acids is 1. The van der Waals surface area contributed by atoms with E-state index in [-0.39, 0.29) is 11.2 Å². The van der Waals surface area contributed by atoms with Gasteiger partial charge in [0, 0.05) is 12.2 Å². The zero-order valence-electron chi connectivity index (χ0n) is 13.8. The van der Waals surface area contributed by atoms with Crippen molar-refractivity contribution in [1.82, 2.24) is 20.1 Å². The number of nitrogens with one attached hydrogen (secondary N) is 1. The molecule has 25 heavy (non-hydrogen) atoms. The fourth-order valence-corrected chi connectivity index (χ4v) is 3.14. The second kappa shape index (κ2) is 7.85. The fourth-order valence-electron chi connectivity index (χ4n) is 2.25. The van der Waals surface area contributed by atoms with E-state index in [9.17, 15) is 4.79 Å². The van der Waals surface area contributed by atoms with E-state index in [2.05, 4.69) is 22.1 Å². The van der Waals surface area contributed by atoms with Crippen LogP contribution in [0.25, 0.3) is 17.3 Å². The van der Waals surface area contributed by atoms with Crippen LogP contribution in [-0.2, 0) is 4.79 Å². The predicted octanol–water partition coefficient (Wildman–Crippen LogP) is 3.31. The summed E-state index contributed by atoms with van der Waals surface area (Å²) in [6.45, 7) is 5.87. The molecule has 0 spiro atoms. The maximum absolute atomic E-state index is 12.1. The number of hydrogen-bond acceptors (Lipinski definition) is 5. The molecule has 0 aliphatic heterocycles. The highest BCUT2D eigenvalue weighted by atomic mass is 32.2. The first-order valence-electron chi connectivity index (χ1n) is 7.80. The molecule has 1 N–H and O–H groups in total. The van der Waals surface area contributed by atoms with Crippen LogP contribution in [0.1, 0.15) is 6.92 Å². The van der Waals surface area contributed by atoms with Gasteiger partial charge in [0.2, 0.25) is 11.7 Å². The summed E-state index contributed by atoms with van der Waals surface area (Å²) in [7, 11) is 0. The fraction of sp³-hybridized carbons (Fsp3) is 0.167. The highest BCUT2D eigenvalue weighted by molar-refractivity contribution is 8.00. The van der Waals surface area contributed by atoms with E-state index >= 15 is 0 Å². The summed E-state index contributed by atoms with van der Waals surface area (Å²) in [5.74, 6) is 1.14. The minimum atomic E-state index is -0.323. The van der Waals surface area contributed by atoms with Gasteiger partial charge in [-0.1, -0.05) is 36.0 Å². The van der Waals surface area contributed by atoms with E-state index in [1.54, 1.807) is 18.4 Å². The van der Waals surface area contributed by atoms with Crippen LogP contribution >= 0.6 is 11.8 Å². The lowest BCUT2D eigenvalue weighted by Crippen LogP contribution is -2.31. The normalized spacial score (nSPS) is 11.9. The lowest BCUT2D eigenvalue weighted by molar-refractivity contribution is -0.120. The van der Waals surface area contributed by atoms with Crippen LogP contribution in [0.15, 0.2) is 71.0 Å². The Kier molecular flexibility index (Phi) is 5.35. The van der Waals surface area contributed by atoms with E-state index < -0.39 is 0 Å². The Balaban J connectivity index is 1.94. The van der Waals surface area contributed by atoms with Crippen molar-refractivity contribution in [2.75, 3.05) is 6.54 Å². The number of rotatable bonds is 7. The number of amides is 1. The summed E-state index contributed by atoms with van der Waals surface area (Å²) < 4.78 is 7.37. The van der Waals surface area contributed by atoms with Gasteiger partial charge in [0.05, 0.1) is 11.5 Å². The number of benzene rings is 1. The van der Waals surface area contributed by atoms with Gasteiger partial charge in [-0.2, -0.15) is 0 Å². The predicted molar refractivity (Wildman–Crippen MR) is 97.6 cm³/mol. The Labute approximate surface area is 150 Å². The van der Waals surface area contributed by atoms with Crippen molar-refractivity contribution >= 4 is 17.7 Å². The molecular weight excluding hydrogens is 336 g/mol. The number of hydrogen-bond donors (Lipinski definition) is 1. The summed E-state index contributed by atoms with van der Waals surface area (Å²) in [5.41, 5.74) is 0.903. The third-order valence-corrected chi connectivity index (χ3v) is 4.50. The van der Waals surface area contributed by atoms with Crippen molar-refractivity contribution in [3.63, 3.8) is 0 Å². The first-order chi connectivity index (χ1) is 12.2. The topological polar surface area (TPSA) is 73.0 Å². The third kappa shape index (κ3) is 3.83. The zero-order chi connectivity index (χ0) is 17.6. The van der Waals surface area contributed by atoms with Crippen LogP contribution in [0.2, 0.25) is 0 Å². The van der Waals surface area contributed by atoms with Gasteiger partial charge < -0.3 is 9.73 Å². The van der Waals surface area contributed by atoms with Crippen molar-refractivity contribution < 1.29 is 9.21 Å². The average molecular weight is 354 g/mol. The van der Waals surface area contributed by atoms with Crippen molar-refractivity contribution in [3.8, 4) is 17.3 Å². The summed E-state index contributed by atoms with van der Waals surface area (Å²) >= 11 is 1.34. The molecule has 2 heterocycles. The molecule has 0 saturated carbocycles. The molecule has 0 saturated heterocycles. The first-order valence-corrected chi connectivity index (χ1v) is 8.68. The second-order valence-corrected chi connectivity index (χ2v) is 6.56. The SMILES string of the molecule is C=CCNC(=O)C(C)Sc1nnc(-c2ccco2)n1-c1ccccc1. The van der Waals surface area contributed by atoms with Crippen LogP contribution in [0.3, 0.4) is 0 Å². The van der Waals surface area contributed by atoms with Gasteiger partial charge in [0.15, 0.2) is 10.9 Å². The molecule has 0 aliphatic carbocycles. The summed E-state index contributed by atoms with van der Waals surface area (Å²) in [6, 6.07) is 13.4. The van der Waals surface area contributed by atoms with Crippen LogP contribution in [0, 0.1) is 0 Å². The van der Waals surface area contributed by atoms with Gasteiger partial charge in [-0.3, -0.25) is 9.36 Å². The lowest BCUT2D eigenvalue weighted by atomic mass is 10.3. The van der Waals surface area contributed by atoms with Gasteiger partial charge in [0.1, 0.15) is 0 Å². The van der Waals surface area contributed by atoms with E-state index in [1.807, 2.05) is 47.9 Å². The highest BCUT2D eigenvalue weighted by Crippen LogP contribution is 2.30. The standard InChI is InChI=1S/C18H18N4O2S/c1-3-11-19-17(23)13(2)25-18-21-20-16(15-10-7-12-24-15)22(18)14-8-5-4-6-9-14/h3-10,12-13H,1,11H2,2H3,(H,19,23). The molecule has 0 radical (unpaired) electrons. The molecule has 1 amide bonds. The van der Waals surface area contributed by atoms with Gasteiger partial charge in [-0.25, -0.2) is 0 Å². The Morgan fingerprint density at radius 3 is 2.80 bits per heavy atom. The Morgan fingerprint density at radius 2 is 2.12 bits per heavy atom. The molecule has 7 heteroatoms. The maximum atomic E-state index is 12.1. The van der Waals surface area contributed by atoms with Crippen molar-refractivity contribution in [1.29, 1.82) is 0 Å². The molecule has 0 fully saturated rings. The van der Waals surface area contributed by atoms with Crippen LogP contribution in [0.5, 0.6) is 0 Å². The van der Waals surface area contributed by atoms with E-state index in [0.717, 1.165) is 5.69 Å². The number of carbonyl (C=O) groups is 1. The van der Waals surface area contributed by atoms with Gasteiger partial charge in [-0.05, 0) is 31.2 Å². The van der Waals surface area contributed by atoms with Crippen molar-refractivity contribution in [2.45, 2.75) is 17.3 Å². The number of para-hydroxylation sites is 1. The zero-order valence-corrected chi connectivity index (χ0v) is 14.6. The molecule has 0 bridgehead atoms. The summed E-state index contributed by atoms with van der Waals surface area (Å²) in [4.78, 5) is 12.1. The third-order valence-electron chi connectivity index (χ3n) is 3.46. The minimum Gasteiger partial charge on any atom is -0.461 e. The minimum absolute atomic E-state index is 0.0768. The molecule has 1 atom stereocenters. The Bertz CT molecular complexity index is 843. The van der Waals surface area contributed by atoms with Crippen molar-refractivity contribution in [2.24, 2.45) is 0 Å². The first kappa shape index (κ1) is 17.0. The van der Waals surface area contributed by atoms with Gasteiger partial charge >= 0.3 is 0 Å². The van der Waals surface area contributed by atoms with Crippen LogP contribution in [0.4, 0.5) is 0 Å². The van der Waals surface area contributed by atoms with E-state index in [1.165, 1.54) is 11.8 Å². The molecule has 1 aromatic carbocycles. The molecular formula is C18H18N4O2S. The van der Waals surface area contributed by atoms with Crippen LogP contribution < -0.4 is 5.32 Å².